The number of hydrogen-bond acceptors (Lipinski definition) is 4. The normalized spacial score (nSPS) is 13.9. The lowest BCUT2D eigenvalue weighted by Crippen LogP contribution is -2.38. The highest BCUT2D eigenvalue weighted by atomic mass is 32.2. The van der Waals surface area contributed by atoms with Crippen LogP contribution in [0.5, 0.6) is 0 Å². The van der Waals surface area contributed by atoms with Gasteiger partial charge in [-0.2, -0.15) is 5.10 Å². The third kappa shape index (κ3) is 3.29. The standard InChI is InChI=1S/C9H18N4O2S/c1-8(6-10-2)16(14,15)12-7-9-4-5-11-13(9)3/h4-5,8,10,12H,6-7H2,1-3H3. The van der Waals surface area contributed by atoms with Gasteiger partial charge in [0.2, 0.25) is 10.0 Å². The lowest BCUT2D eigenvalue weighted by Gasteiger charge is -2.13. The molecular formula is C9H18N4O2S. The van der Waals surface area contributed by atoms with Gasteiger partial charge in [-0.3, -0.25) is 4.68 Å². The Morgan fingerprint density at radius 1 is 1.56 bits per heavy atom. The van der Waals surface area contributed by atoms with Gasteiger partial charge in [0, 0.05) is 19.8 Å². The molecule has 16 heavy (non-hydrogen) atoms. The predicted octanol–water partition coefficient (Wildman–Crippen LogP) is -0.553. The second kappa shape index (κ2) is 5.42. The van der Waals surface area contributed by atoms with Crippen LogP contribution in [0.1, 0.15) is 12.6 Å². The van der Waals surface area contributed by atoms with Crippen LogP contribution in [0.15, 0.2) is 12.3 Å². The third-order valence-electron chi connectivity index (χ3n) is 2.40. The molecule has 2 N–H and O–H groups in total. The van der Waals surface area contributed by atoms with Crippen molar-refractivity contribution in [1.29, 1.82) is 0 Å². The smallest absolute Gasteiger partial charge is 0.215 e. The van der Waals surface area contributed by atoms with E-state index in [9.17, 15) is 8.42 Å². The fraction of sp³-hybridized carbons (Fsp3) is 0.667. The summed E-state index contributed by atoms with van der Waals surface area (Å²) in [6.07, 6.45) is 1.64. The summed E-state index contributed by atoms with van der Waals surface area (Å²) in [6, 6.07) is 1.78. The van der Waals surface area contributed by atoms with E-state index in [0.29, 0.717) is 6.54 Å². The first kappa shape index (κ1) is 13.1. The van der Waals surface area contributed by atoms with Gasteiger partial charge in [-0.25, -0.2) is 13.1 Å². The van der Waals surface area contributed by atoms with Gasteiger partial charge in [0.1, 0.15) is 0 Å². The van der Waals surface area contributed by atoms with Crippen molar-refractivity contribution in [2.45, 2.75) is 18.7 Å². The molecule has 7 heteroatoms. The summed E-state index contributed by atoms with van der Waals surface area (Å²) in [5, 5.41) is 6.36. The van der Waals surface area contributed by atoms with Gasteiger partial charge >= 0.3 is 0 Å². The maximum atomic E-state index is 11.7. The van der Waals surface area contributed by atoms with E-state index in [1.54, 1.807) is 38.0 Å². The molecule has 0 bridgehead atoms. The zero-order valence-corrected chi connectivity index (χ0v) is 10.6. The lowest BCUT2D eigenvalue weighted by atomic mass is 10.4. The van der Waals surface area contributed by atoms with Crippen molar-refractivity contribution >= 4 is 10.0 Å². The fourth-order valence-electron chi connectivity index (χ4n) is 1.29. The molecule has 0 fully saturated rings. The van der Waals surface area contributed by atoms with Gasteiger partial charge < -0.3 is 5.32 Å². The maximum Gasteiger partial charge on any atom is 0.215 e. The topological polar surface area (TPSA) is 76.0 Å². The first-order valence-corrected chi connectivity index (χ1v) is 6.62. The van der Waals surface area contributed by atoms with Crippen molar-refractivity contribution < 1.29 is 8.42 Å². The monoisotopic (exact) mass is 246 g/mol. The average Bonchev–Trinajstić information content (AvgIpc) is 2.61. The van der Waals surface area contributed by atoms with Crippen LogP contribution in [-0.2, 0) is 23.6 Å². The SMILES string of the molecule is CNCC(C)S(=O)(=O)NCc1ccnn1C. The minimum atomic E-state index is -3.27. The Hall–Kier alpha value is -0.920. The van der Waals surface area contributed by atoms with Crippen LogP contribution in [0.25, 0.3) is 0 Å². The van der Waals surface area contributed by atoms with Crippen molar-refractivity contribution in [2.24, 2.45) is 7.05 Å². The zero-order chi connectivity index (χ0) is 12.2. The Morgan fingerprint density at radius 3 is 2.75 bits per heavy atom. The van der Waals surface area contributed by atoms with Gasteiger partial charge in [-0.05, 0) is 20.0 Å². The Labute approximate surface area is 96.1 Å². The molecule has 0 aliphatic rings. The second-order valence-corrected chi connectivity index (χ2v) is 5.86. The Morgan fingerprint density at radius 2 is 2.25 bits per heavy atom. The highest BCUT2D eigenvalue weighted by Gasteiger charge is 2.19. The minimum absolute atomic E-state index is 0.271. The number of aromatic nitrogens is 2. The third-order valence-corrected chi connectivity index (χ3v) is 4.17. The van der Waals surface area contributed by atoms with E-state index in [1.165, 1.54) is 0 Å². The number of nitrogens with zero attached hydrogens (tertiary/aromatic N) is 2. The van der Waals surface area contributed by atoms with Gasteiger partial charge in [0.15, 0.2) is 0 Å². The molecule has 1 atom stereocenters. The number of hydrogen-bond donors (Lipinski definition) is 2. The fourth-order valence-corrected chi connectivity index (χ4v) is 2.31. The van der Waals surface area contributed by atoms with Crippen molar-refractivity contribution in [1.82, 2.24) is 19.8 Å². The molecule has 0 aromatic carbocycles. The number of nitrogens with one attached hydrogen (secondary N) is 2. The molecular weight excluding hydrogens is 228 g/mol. The summed E-state index contributed by atoms with van der Waals surface area (Å²) in [7, 11) is 0.239. The molecule has 0 aliphatic carbocycles. The molecule has 0 saturated carbocycles. The molecule has 92 valence electrons. The van der Waals surface area contributed by atoms with E-state index >= 15 is 0 Å². The molecule has 1 unspecified atom stereocenters. The average molecular weight is 246 g/mol. The van der Waals surface area contributed by atoms with Crippen molar-refractivity contribution in [3.8, 4) is 0 Å². The first-order valence-electron chi connectivity index (χ1n) is 5.07. The minimum Gasteiger partial charge on any atom is -0.318 e. The molecule has 0 amide bonds. The van der Waals surface area contributed by atoms with Crippen LogP contribution in [-0.4, -0.2) is 37.0 Å². The Bertz CT molecular complexity index is 426. The number of rotatable bonds is 6. The van der Waals surface area contributed by atoms with Gasteiger partial charge in [0.25, 0.3) is 0 Å². The molecule has 0 aliphatic heterocycles. The highest BCUT2D eigenvalue weighted by Crippen LogP contribution is 2.01. The summed E-state index contributed by atoms with van der Waals surface area (Å²) >= 11 is 0. The summed E-state index contributed by atoms with van der Waals surface area (Å²) in [5.41, 5.74) is 0.834. The molecule has 0 radical (unpaired) electrons. The lowest BCUT2D eigenvalue weighted by molar-refractivity contribution is 0.560. The molecule has 6 nitrogen and oxygen atoms in total. The van der Waals surface area contributed by atoms with Gasteiger partial charge in [0.05, 0.1) is 17.5 Å². The largest absolute Gasteiger partial charge is 0.318 e. The predicted molar refractivity (Wildman–Crippen MR) is 62.4 cm³/mol. The van der Waals surface area contributed by atoms with E-state index in [4.69, 9.17) is 0 Å². The quantitative estimate of drug-likeness (QED) is 0.706. The number of sulfonamides is 1. The molecule has 1 aromatic rings. The van der Waals surface area contributed by atoms with Crippen molar-refractivity contribution in [3.05, 3.63) is 18.0 Å². The molecule has 0 saturated heterocycles. The summed E-state index contributed by atoms with van der Waals surface area (Å²) in [4.78, 5) is 0. The van der Waals surface area contributed by atoms with E-state index in [-0.39, 0.29) is 6.54 Å². The van der Waals surface area contributed by atoms with E-state index in [2.05, 4.69) is 15.1 Å². The van der Waals surface area contributed by atoms with Crippen LogP contribution >= 0.6 is 0 Å². The first-order chi connectivity index (χ1) is 7.47. The summed E-state index contributed by atoms with van der Waals surface area (Å²) < 4.78 is 27.7. The van der Waals surface area contributed by atoms with Crippen molar-refractivity contribution in [3.63, 3.8) is 0 Å². The Kier molecular flexibility index (Phi) is 4.45. The van der Waals surface area contributed by atoms with Gasteiger partial charge in [-0.1, -0.05) is 0 Å². The number of aryl methyl sites for hydroxylation is 1. The van der Waals surface area contributed by atoms with Crippen LogP contribution in [0.4, 0.5) is 0 Å². The second-order valence-electron chi connectivity index (χ2n) is 3.68. The molecule has 1 heterocycles. The maximum absolute atomic E-state index is 11.7. The van der Waals surface area contributed by atoms with Gasteiger partial charge in [-0.15, -0.1) is 0 Å². The van der Waals surface area contributed by atoms with Crippen LogP contribution in [0.2, 0.25) is 0 Å². The van der Waals surface area contributed by atoms with Crippen LogP contribution in [0.3, 0.4) is 0 Å². The molecule has 0 spiro atoms. The summed E-state index contributed by atoms with van der Waals surface area (Å²) in [5.74, 6) is 0. The van der Waals surface area contributed by atoms with E-state index in [0.717, 1.165) is 5.69 Å². The van der Waals surface area contributed by atoms with Crippen molar-refractivity contribution in [2.75, 3.05) is 13.6 Å². The van der Waals surface area contributed by atoms with Crippen LogP contribution < -0.4 is 10.0 Å². The highest BCUT2D eigenvalue weighted by molar-refractivity contribution is 7.90. The molecule has 1 aromatic heterocycles. The van der Waals surface area contributed by atoms with E-state index in [1.807, 2.05) is 0 Å². The van der Waals surface area contributed by atoms with Crippen LogP contribution in [0, 0.1) is 0 Å². The molecule has 1 rings (SSSR count). The Balaban J connectivity index is 2.58. The summed E-state index contributed by atoms with van der Waals surface area (Å²) in [6.45, 7) is 2.37. The zero-order valence-electron chi connectivity index (χ0n) is 9.77. The van der Waals surface area contributed by atoms with E-state index < -0.39 is 15.3 Å².